The molecule has 0 saturated heterocycles. The number of ether oxygens (including phenoxy) is 1. The van der Waals surface area contributed by atoms with Gasteiger partial charge in [-0.3, -0.25) is 0 Å². The van der Waals surface area contributed by atoms with E-state index in [0.717, 1.165) is 11.3 Å². The average Bonchev–Trinajstić information content (AvgIpc) is 2.77. The number of hydrogen-bond acceptors (Lipinski definition) is 3. The first kappa shape index (κ1) is 13.7. The highest BCUT2D eigenvalue weighted by Gasteiger charge is 2.19. The molecule has 0 spiro atoms. The zero-order valence-corrected chi connectivity index (χ0v) is 12.7. The summed E-state index contributed by atoms with van der Waals surface area (Å²) in [6.45, 7) is 0. The Bertz CT molecular complexity index is 567. The van der Waals surface area contributed by atoms with E-state index in [1.807, 2.05) is 29.5 Å². The lowest BCUT2D eigenvalue weighted by Gasteiger charge is -2.14. The number of fused-ring (bicyclic) bond motifs is 1. The SMILES string of the molecule is COc1ccccc1C(N)c1cc2c(s1)CCCCC2. The lowest BCUT2D eigenvalue weighted by molar-refractivity contribution is 0.408. The number of thiophene rings is 1. The molecule has 0 fully saturated rings. The maximum absolute atomic E-state index is 6.47. The zero-order valence-electron chi connectivity index (χ0n) is 11.9. The van der Waals surface area contributed by atoms with Gasteiger partial charge in [0.2, 0.25) is 0 Å². The Morgan fingerprint density at radius 2 is 1.95 bits per heavy atom. The molecule has 1 aliphatic rings. The van der Waals surface area contributed by atoms with Crippen LogP contribution in [-0.2, 0) is 12.8 Å². The molecule has 1 heterocycles. The molecule has 2 nitrogen and oxygen atoms in total. The molecule has 0 amide bonds. The Kier molecular flexibility index (Phi) is 4.08. The molecule has 1 aromatic carbocycles. The van der Waals surface area contributed by atoms with Gasteiger partial charge in [-0.1, -0.05) is 24.6 Å². The van der Waals surface area contributed by atoms with E-state index >= 15 is 0 Å². The van der Waals surface area contributed by atoms with Gasteiger partial charge < -0.3 is 10.5 Å². The van der Waals surface area contributed by atoms with Crippen LogP contribution in [0.1, 0.15) is 46.2 Å². The summed E-state index contributed by atoms with van der Waals surface area (Å²) in [7, 11) is 1.70. The maximum atomic E-state index is 6.47. The fourth-order valence-electron chi connectivity index (χ4n) is 2.92. The van der Waals surface area contributed by atoms with Crippen molar-refractivity contribution >= 4 is 11.3 Å². The third kappa shape index (κ3) is 2.60. The topological polar surface area (TPSA) is 35.2 Å². The van der Waals surface area contributed by atoms with Crippen LogP contribution >= 0.6 is 11.3 Å². The minimum absolute atomic E-state index is 0.0805. The molecule has 106 valence electrons. The molecule has 3 rings (SSSR count). The van der Waals surface area contributed by atoms with Gasteiger partial charge in [0.05, 0.1) is 13.2 Å². The number of para-hydroxylation sites is 1. The lowest BCUT2D eigenvalue weighted by Crippen LogP contribution is -2.11. The summed E-state index contributed by atoms with van der Waals surface area (Å²) in [4.78, 5) is 2.81. The fraction of sp³-hybridized carbons (Fsp3) is 0.412. The van der Waals surface area contributed by atoms with Crippen molar-refractivity contribution in [1.82, 2.24) is 0 Å². The molecule has 20 heavy (non-hydrogen) atoms. The maximum Gasteiger partial charge on any atom is 0.124 e. The first-order valence-corrected chi connectivity index (χ1v) is 8.11. The number of rotatable bonds is 3. The van der Waals surface area contributed by atoms with Crippen molar-refractivity contribution in [2.24, 2.45) is 5.73 Å². The van der Waals surface area contributed by atoms with E-state index in [9.17, 15) is 0 Å². The second-order valence-electron chi connectivity index (χ2n) is 5.38. The first-order valence-electron chi connectivity index (χ1n) is 7.29. The highest BCUT2D eigenvalue weighted by molar-refractivity contribution is 7.12. The molecule has 1 atom stereocenters. The molecule has 0 bridgehead atoms. The molecule has 0 saturated carbocycles. The van der Waals surface area contributed by atoms with E-state index in [1.165, 1.54) is 42.5 Å². The quantitative estimate of drug-likeness (QED) is 0.864. The highest BCUT2D eigenvalue weighted by atomic mass is 32.1. The monoisotopic (exact) mass is 287 g/mol. The van der Waals surface area contributed by atoms with Crippen molar-refractivity contribution in [3.05, 3.63) is 51.2 Å². The summed E-state index contributed by atoms with van der Waals surface area (Å²) in [5.41, 5.74) is 9.07. The van der Waals surface area contributed by atoms with E-state index in [4.69, 9.17) is 10.5 Å². The van der Waals surface area contributed by atoms with Crippen LogP contribution in [0.4, 0.5) is 0 Å². The molecule has 0 aliphatic heterocycles. The molecule has 3 heteroatoms. The largest absolute Gasteiger partial charge is 0.496 e. The summed E-state index contributed by atoms with van der Waals surface area (Å²) in [6.07, 6.45) is 6.42. The van der Waals surface area contributed by atoms with Crippen molar-refractivity contribution in [2.45, 2.75) is 38.1 Å². The summed E-state index contributed by atoms with van der Waals surface area (Å²) >= 11 is 1.89. The van der Waals surface area contributed by atoms with Gasteiger partial charge in [0.15, 0.2) is 0 Å². The Hall–Kier alpha value is -1.32. The van der Waals surface area contributed by atoms with Crippen molar-refractivity contribution < 1.29 is 4.74 Å². The van der Waals surface area contributed by atoms with Crippen LogP contribution < -0.4 is 10.5 Å². The minimum Gasteiger partial charge on any atom is -0.496 e. The fourth-order valence-corrected chi connectivity index (χ4v) is 4.20. The van der Waals surface area contributed by atoms with E-state index in [2.05, 4.69) is 12.1 Å². The summed E-state index contributed by atoms with van der Waals surface area (Å²) in [5.74, 6) is 0.878. The van der Waals surface area contributed by atoms with Crippen LogP contribution in [0.25, 0.3) is 0 Å². The highest BCUT2D eigenvalue weighted by Crippen LogP contribution is 2.36. The molecule has 0 radical (unpaired) electrons. The van der Waals surface area contributed by atoms with Gasteiger partial charge in [-0.25, -0.2) is 0 Å². The molecule has 1 aliphatic carbocycles. The van der Waals surface area contributed by atoms with Crippen LogP contribution in [-0.4, -0.2) is 7.11 Å². The van der Waals surface area contributed by atoms with Crippen molar-refractivity contribution in [3.8, 4) is 5.75 Å². The zero-order chi connectivity index (χ0) is 13.9. The number of aryl methyl sites for hydroxylation is 2. The van der Waals surface area contributed by atoms with Gasteiger partial charge in [-0.15, -0.1) is 11.3 Å². The van der Waals surface area contributed by atoms with Gasteiger partial charge in [-0.2, -0.15) is 0 Å². The summed E-state index contributed by atoms with van der Waals surface area (Å²) in [5, 5.41) is 0. The molecular formula is C17H21NOS. The number of nitrogens with two attached hydrogens (primary N) is 1. The van der Waals surface area contributed by atoms with Gasteiger partial charge in [0.25, 0.3) is 0 Å². The van der Waals surface area contributed by atoms with Crippen molar-refractivity contribution in [3.63, 3.8) is 0 Å². The predicted octanol–water partition coefficient (Wildman–Crippen LogP) is 4.07. The Morgan fingerprint density at radius 3 is 2.80 bits per heavy atom. The number of methoxy groups -OCH3 is 1. The average molecular weight is 287 g/mol. The van der Waals surface area contributed by atoms with Crippen LogP contribution in [0, 0.1) is 0 Å². The number of benzene rings is 1. The molecular weight excluding hydrogens is 266 g/mol. The van der Waals surface area contributed by atoms with Crippen molar-refractivity contribution in [1.29, 1.82) is 0 Å². The standard InChI is InChI=1S/C17H21NOS/c1-19-14-9-6-5-8-13(14)17(18)16-11-12-7-3-2-4-10-15(12)20-16/h5-6,8-9,11,17H,2-4,7,10,18H2,1H3. The first-order chi connectivity index (χ1) is 9.79. The van der Waals surface area contributed by atoms with Crippen molar-refractivity contribution in [2.75, 3.05) is 7.11 Å². The van der Waals surface area contributed by atoms with E-state index < -0.39 is 0 Å². The molecule has 1 unspecified atom stereocenters. The van der Waals surface area contributed by atoms with Gasteiger partial charge in [0, 0.05) is 15.3 Å². The number of hydrogen-bond donors (Lipinski definition) is 1. The minimum atomic E-state index is -0.0805. The van der Waals surface area contributed by atoms with Gasteiger partial charge in [0.1, 0.15) is 5.75 Å². The van der Waals surface area contributed by atoms with E-state index in [0.29, 0.717) is 0 Å². The predicted molar refractivity (Wildman–Crippen MR) is 84.6 cm³/mol. The second kappa shape index (κ2) is 5.98. The van der Waals surface area contributed by atoms with Crippen LogP contribution in [0.3, 0.4) is 0 Å². The lowest BCUT2D eigenvalue weighted by atomic mass is 10.0. The normalized spacial score (nSPS) is 16.3. The summed E-state index contributed by atoms with van der Waals surface area (Å²) < 4.78 is 5.43. The summed E-state index contributed by atoms with van der Waals surface area (Å²) in [6, 6.07) is 10.3. The van der Waals surface area contributed by atoms with Gasteiger partial charge >= 0.3 is 0 Å². The Balaban J connectivity index is 1.92. The molecule has 2 aromatic rings. The smallest absolute Gasteiger partial charge is 0.124 e. The van der Waals surface area contributed by atoms with E-state index in [-0.39, 0.29) is 6.04 Å². The third-order valence-corrected chi connectivity index (χ3v) is 5.37. The third-order valence-electron chi connectivity index (χ3n) is 4.05. The van der Waals surface area contributed by atoms with Crippen LogP contribution in [0.5, 0.6) is 5.75 Å². The second-order valence-corrected chi connectivity index (χ2v) is 6.55. The molecule has 1 aromatic heterocycles. The van der Waals surface area contributed by atoms with E-state index in [1.54, 1.807) is 12.0 Å². The Labute approximate surface area is 124 Å². The van der Waals surface area contributed by atoms with Gasteiger partial charge in [-0.05, 0) is 43.4 Å². The van der Waals surface area contributed by atoms with Crippen LogP contribution in [0.15, 0.2) is 30.3 Å². The molecule has 2 N–H and O–H groups in total. The van der Waals surface area contributed by atoms with Crippen LogP contribution in [0.2, 0.25) is 0 Å². The Morgan fingerprint density at radius 1 is 1.15 bits per heavy atom.